The van der Waals surface area contributed by atoms with Gasteiger partial charge >= 0.3 is 0 Å². The van der Waals surface area contributed by atoms with Crippen molar-refractivity contribution >= 4 is 15.7 Å². The normalized spacial score (nSPS) is 11.7. The zero-order chi connectivity index (χ0) is 13.5. The highest BCUT2D eigenvalue weighted by Crippen LogP contribution is 2.31. The minimum atomic E-state index is -4.01. The van der Waals surface area contributed by atoms with E-state index >= 15 is 0 Å². The molecule has 5 nitrogen and oxygen atoms in total. The Morgan fingerprint density at radius 2 is 1.94 bits per heavy atom. The van der Waals surface area contributed by atoms with Crippen LogP contribution in [-0.4, -0.2) is 24.9 Å². The Morgan fingerprint density at radius 1 is 1.28 bits per heavy atom. The molecule has 0 unspecified atom stereocenters. The van der Waals surface area contributed by atoms with Gasteiger partial charge in [0.15, 0.2) is 15.7 Å². The molecular formula is C10H9F2N3O2S. The van der Waals surface area contributed by atoms with E-state index in [0.29, 0.717) is 0 Å². The summed E-state index contributed by atoms with van der Waals surface area (Å²) in [5, 5.41) is 5.98. The number of aromatic nitrogens is 2. The van der Waals surface area contributed by atoms with Gasteiger partial charge in [-0.15, -0.1) is 0 Å². The van der Waals surface area contributed by atoms with Crippen LogP contribution in [0.5, 0.6) is 0 Å². The van der Waals surface area contributed by atoms with Crippen molar-refractivity contribution in [1.82, 2.24) is 10.2 Å². The molecule has 0 aliphatic rings. The number of aromatic amines is 1. The zero-order valence-electron chi connectivity index (χ0n) is 9.24. The van der Waals surface area contributed by atoms with Crippen molar-refractivity contribution in [3.05, 3.63) is 30.0 Å². The van der Waals surface area contributed by atoms with Crippen molar-refractivity contribution in [2.45, 2.75) is 4.90 Å². The average Bonchev–Trinajstić information content (AvgIpc) is 2.62. The Hall–Kier alpha value is -1.96. The van der Waals surface area contributed by atoms with Crippen molar-refractivity contribution in [3.63, 3.8) is 0 Å². The van der Waals surface area contributed by atoms with Crippen LogP contribution in [0.4, 0.5) is 14.6 Å². The quantitative estimate of drug-likeness (QED) is 0.864. The minimum absolute atomic E-state index is 0.0694. The van der Waals surface area contributed by atoms with Crippen LogP contribution in [0.25, 0.3) is 11.1 Å². The van der Waals surface area contributed by atoms with E-state index in [-0.39, 0.29) is 16.9 Å². The number of benzene rings is 1. The van der Waals surface area contributed by atoms with E-state index in [1.54, 1.807) is 0 Å². The molecule has 0 amide bonds. The van der Waals surface area contributed by atoms with E-state index in [2.05, 4.69) is 10.2 Å². The maximum atomic E-state index is 14.1. The molecule has 0 saturated carbocycles. The largest absolute Gasteiger partial charge is 0.384 e. The maximum Gasteiger partial charge on any atom is 0.181 e. The molecule has 1 heterocycles. The van der Waals surface area contributed by atoms with Gasteiger partial charge in [-0.1, -0.05) is 0 Å². The maximum absolute atomic E-state index is 14.1. The van der Waals surface area contributed by atoms with Gasteiger partial charge in [0.05, 0.1) is 6.20 Å². The number of halogens is 2. The van der Waals surface area contributed by atoms with Crippen LogP contribution in [0.3, 0.4) is 0 Å². The Bertz CT molecular complexity index is 710. The molecule has 0 spiro atoms. The Morgan fingerprint density at radius 3 is 2.44 bits per heavy atom. The molecule has 0 fully saturated rings. The van der Waals surface area contributed by atoms with Gasteiger partial charge in [0, 0.05) is 17.4 Å². The molecule has 0 atom stereocenters. The number of hydrogen-bond acceptors (Lipinski definition) is 4. The lowest BCUT2D eigenvalue weighted by Crippen LogP contribution is -2.06. The summed E-state index contributed by atoms with van der Waals surface area (Å²) in [6.45, 7) is 0. The van der Waals surface area contributed by atoms with Crippen molar-refractivity contribution in [2.24, 2.45) is 0 Å². The molecule has 1 aromatic heterocycles. The monoisotopic (exact) mass is 273 g/mol. The highest BCUT2D eigenvalue weighted by atomic mass is 32.2. The molecular weight excluding hydrogens is 264 g/mol. The first-order valence-electron chi connectivity index (χ1n) is 4.79. The van der Waals surface area contributed by atoms with E-state index in [9.17, 15) is 17.2 Å². The first-order chi connectivity index (χ1) is 8.32. The van der Waals surface area contributed by atoms with Gasteiger partial charge in [0.25, 0.3) is 0 Å². The zero-order valence-corrected chi connectivity index (χ0v) is 10.1. The van der Waals surface area contributed by atoms with Crippen LogP contribution < -0.4 is 5.73 Å². The van der Waals surface area contributed by atoms with Crippen LogP contribution in [-0.2, 0) is 9.84 Å². The second-order valence-corrected chi connectivity index (χ2v) is 5.66. The molecule has 8 heteroatoms. The van der Waals surface area contributed by atoms with Crippen molar-refractivity contribution in [1.29, 1.82) is 0 Å². The van der Waals surface area contributed by atoms with Crippen molar-refractivity contribution in [2.75, 3.05) is 12.0 Å². The first kappa shape index (κ1) is 12.5. The predicted octanol–water partition coefficient (Wildman–Crippen LogP) is 1.34. The molecule has 0 saturated heterocycles. The van der Waals surface area contributed by atoms with Gasteiger partial charge in [0.2, 0.25) is 0 Å². The lowest BCUT2D eigenvalue weighted by Gasteiger charge is -2.07. The lowest BCUT2D eigenvalue weighted by molar-refractivity contribution is 0.523. The number of H-pyrrole nitrogens is 1. The molecule has 0 aliphatic heterocycles. The molecule has 1 aromatic carbocycles. The minimum Gasteiger partial charge on any atom is -0.384 e. The Labute approximate surface area is 102 Å². The van der Waals surface area contributed by atoms with Gasteiger partial charge < -0.3 is 5.73 Å². The predicted molar refractivity (Wildman–Crippen MR) is 61.5 cm³/mol. The summed E-state index contributed by atoms with van der Waals surface area (Å²) in [5.41, 5.74) is 5.57. The van der Waals surface area contributed by atoms with Gasteiger partial charge in [-0.25, -0.2) is 17.2 Å². The van der Waals surface area contributed by atoms with Crippen molar-refractivity contribution < 1.29 is 17.2 Å². The van der Waals surface area contributed by atoms with Crippen LogP contribution in [0.15, 0.2) is 23.2 Å². The molecule has 18 heavy (non-hydrogen) atoms. The Kier molecular flexibility index (Phi) is 2.81. The van der Waals surface area contributed by atoms with E-state index < -0.39 is 26.4 Å². The number of nitrogen functional groups attached to an aromatic ring is 1. The summed E-state index contributed by atoms with van der Waals surface area (Å²) in [6, 6.07) is 1.99. The summed E-state index contributed by atoms with van der Waals surface area (Å²) >= 11 is 0. The second kappa shape index (κ2) is 4.05. The third-order valence-electron chi connectivity index (χ3n) is 2.38. The van der Waals surface area contributed by atoms with Crippen LogP contribution in [0, 0.1) is 11.6 Å². The average molecular weight is 273 g/mol. The SMILES string of the molecule is CS(=O)(=O)c1c(F)ccc(-c2cn[nH]c2N)c1F. The van der Waals surface area contributed by atoms with Crippen LogP contribution >= 0.6 is 0 Å². The standard InChI is InChI=1S/C10H9F2N3O2S/c1-18(16,17)9-7(11)3-2-5(8(9)12)6-4-14-15-10(6)13/h2-4H,1H3,(H3,13,14,15). The topological polar surface area (TPSA) is 88.8 Å². The molecule has 0 radical (unpaired) electrons. The molecule has 3 N–H and O–H groups in total. The fourth-order valence-electron chi connectivity index (χ4n) is 1.59. The van der Waals surface area contributed by atoms with Crippen LogP contribution in [0.2, 0.25) is 0 Å². The summed E-state index contributed by atoms with van der Waals surface area (Å²) in [5.74, 6) is -2.24. The number of nitrogens with one attached hydrogen (secondary N) is 1. The highest BCUT2D eigenvalue weighted by molar-refractivity contribution is 7.90. The molecule has 96 valence electrons. The number of nitrogens with zero attached hydrogens (tertiary/aromatic N) is 1. The second-order valence-electron chi connectivity index (χ2n) is 3.71. The number of nitrogens with two attached hydrogens (primary N) is 1. The van der Waals surface area contributed by atoms with E-state index in [1.165, 1.54) is 6.20 Å². The highest BCUT2D eigenvalue weighted by Gasteiger charge is 2.24. The molecule has 0 bridgehead atoms. The fourth-order valence-corrected chi connectivity index (χ4v) is 2.45. The van der Waals surface area contributed by atoms with Crippen molar-refractivity contribution in [3.8, 4) is 11.1 Å². The van der Waals surface area contributed by atoms with Gasteiger partial charge in [-0.05, 0) is 12.1 Å². The van der Waals surface area contributed by atoms with E-state index in [1.807, 2.05) is 0 Å². The van der Waals surface area contributed by atoms with Gasteiger partial charge in [0.1, 0.15) is 16.5 Å². The van der Waals surface area contributed by atoms with Gasteiger partial charge in [-0.3, -0.25) is 5.10 Å². The van der Waals surface area contributed by atoms with E-state index in [0.717, 1.165) is 18.4 Å². The number of anilines is 1. The lowest BCUT2D eigenvalue weighted by atomic mass is 10.1. The van der Waals surface area contributed by atoms with Crippen LogP contribution in [0.1, 0.15) is 0 Å². The summed E-state index contributed by atoms with van der Waals surface area (Å²) in [4.78, 5) is -0.972. The number of rotatable bonds is 2. The third-order valence-corrected chi connectivity index (χ3v) is 3.49. The third kappa shape index (κ3) is 1.94. The first-order valence-corrected chi connectivity index (χ1v) is 6.68. The summed E-state index contributed by atoms with van der Waals surface area (Å²) < 4.78 is 50.1. The summed E-state index contributed by atoms with van der Waals surface area (Å²) in [6.07, 6.45) is 1.97. The van der Waals surface area contributed by atoms with E-state index in [4.69, 9.17) is 5.73 Å². The molecule has 2 rings (SSSR count). The smallest absolute Gasteiger partial charge is 0.181 e. The fraction of sp³-hybridized carbons (Fsp3) is 0.100. The number of hydrogen-bond donors (Lipinski definition) is 2. The summed E-state index contributed by atoms with van der Waals surface area (Å²) in [7, 11) is -4.01. The molecule has 2 aromatic rings. The number of sulfone groups is 1. The molecule has 0 aliphatic carbocycles. The Balaban J connectivity index is 2.78. The van der Waals surface area contributed by atoms with Gasteiger partial charge in [-0.2, -0.15) is 5.10 Å².